The molecule has 10 nitrogen and oxygen atoms in total. The monoisotopic (exact) mass is 607 g/mol. The number of anilines is 3. The second kappa shape index (κ2) is 11.5. The summed E-state index contributed by atoms with van der Waals surface area (Å²) in [6.07, 6.45) is 8.90. The Morgan fingerprint density at radius 3 is 2.56 bits per heavy atom. The van der Waals surface area contributed by atoms with Gasteiger partial charge in [0.25, 0.3) is 0 Å². The molecule has 0 spiro atoms. The largest absolute Gasteiger partial charge is 0.461 e. The van der Waals surface area contributed by atoms with E-state index in [0.29, 0.717) is 18.6 Å². The predicted octanol–water partition coefficient (Wildman–Crippen LogP) is 4.86. The number of nitrogen functional groups attached to an aromatic ring is 1. The lowest BCUT2D eigenvalue weighted by Gasteiger charge is -2.37. The molecule has 3 saturated heterocycles. The molecule has 6 heterocycles. The fourth-order valence-electron chi connectivity index (χ4n) is 8.51. The first-order chi connectivity index (χ1) is 22.0. The summed E-state index contributed by atoms with van der Waals surface area (Å²) < 4.78 is 8.29. The summed E-state index contributed by atoms with van der Waals surface area (Å²) in [7, 11) is 1.86. The molecule has 3 fully saturated rings. The summed E-state index contributed by atoms with van der Waals surface area (Å²) >= 11 is 0. The molecule has 1 unspecified atom stereocenters. The Balaban J connectivity index is 1.14. The third-order valence-corrected chi connectivity index (χ3v) is 10.9. The van der Waals surface area contributed by atoms with E-state index in [1.54, 1.807) is 4.68 Å². The van der Waals surface area contributed by atoms with E-state index in [0.717, 1.165) is 69.2 Å². The van der Waals surface area contributed by atoms with Crippen molar-refractivity contribution in [2.24, 2.45) is 7.05 Å². The lowest BCUT2D eigenvalue weighted by atomic mass is 9.95. The van der Waals surface area contributed by atoms with Gasteiger partial charge in [-0.15, -0.1) is 0 Å². The van der Waals surface area contributed by atoms with Gasteiger partial charge in [-0.2, -0.15) is 20.1 Å². The topological polar surface area (TPSA) is 101 Å². The van der Waals surface area contributed by atoms with E-state index in [9.17, 15) is 0 Å². The van der Waals surface area contributed by atoms with Gasteiger partial charge in [-0.3, -0.25) is 4.90 Å². The van der Waals surface area contributed by atoms with Crippen LogP contribution in [0.3, 0.4) is 0 Å². The fourth-order valence-corrected chi connectivity index (χ4v) is 8.51. The van der Waals surface area contributed by atoms with Crippen molar-refractivity contribution in [3.63, 3.8) is 0 Å². The Kier molecular flexibility index (Phi) is 7.27. The maximum atomic E-state index is 6.62. The molecule has 0 bridgehead atoms. The number of aryl methyl sites for hydroxylation is 2. The van der Waals surface area contributed by atoms with Crippen molar-refractivity contribution in [1.29, 1.82) is 0 Å². The van der Waals surface area contributed by atoms with Gasteiger partial charge in [0, 0.05) is 49.2 Å². The minimum atomic E-state index is 0.145. The number of fused-ring (bicyclic) bond motifs is 3. The van der Waals surface area contributed by atoms with E-state index in [4.69, 9.17) is 20.4 Å². The first-order valence-electron chi connectivity index (χ1n) is 17.0. The van der Waals surface area contributed by atoms with E-state index in [2.05, 4.69) is 68.1 Å². The number of aromatic nitrogens is 5. The van der Waals surface area contributed by atoms with Crippen molar-refractivity contribution in [3.05, 3.63) is 59.0 Å². The smallest absolute Gasteiger partial charge is 0.318 e. The first kappa shape index (κ1) is 28.5. The van der Waals surface area contributed by atoms with Crippen LogP contribution in [0.4, 0.5) is 17.5 Å². The van der Waals surface area contributed by atoms with Crippen molar-refractivity contribution >= 4 is 28.2 Å². The minimum Gasteiger partial charge on any atom is -0.461 e. The molecule has 10 heteroatoms. The highest BCUT2D eigenvalue weighted by molar-refractivity contribution is 5.97. The Labute approximate surface area is 265 Å². The van der Waals surface area contributed by atoms with Gasteiger partial charge in [-0.25, -0.2) is 4.68 Å². The van der Waals surface area contributed by atoms with Crippen molar-refractivity contribution in [2.75, 3.05) is 54.9 Å². The van der Waals surface area contributed by atoms with Gasteiger partial charge in [0.15, 0.2) is 5.82 Å². The van der Waals surface area contributed by atoms with Crippen molar-refractivity contribution in [3.8, 4) is 6.01 Å². The summed E-state index contributed by atoms with van der Waals surface area (Å²) in [6.45, 7) is 8.71. The normalized spacial score (nSPS) is 21.3. The van der Waals surface area contributed by atoms with Crippen molar-refractivity contribution in [2.45, 2.75) is 76.3 Å². The number of ether oxygens (including phenoxy) is 1. The summed E-state index contributed by atoms with van der Waals surface area (Å²) in [5.74, 6) is 2.53. The molecule has 236 valence electrons. The van der Waals surface area contributed by atoms with Crippen LogP contribution in [0.1, 0.15) is 74.0 Å². The van der Waals surface area contributed by atoms with Crippen LogP contribution in [0.2, 0.25) is 0 Å². The van der Waals surface area contributed by atoms with Crippen LogP contribution in [0.25, 0.3) is 10.8 Å². The zero-order chi connectivity index (χ0) is 30.5. The summed E-state index contributed by atoms with van der Waals surface area (Å²) in [4.78, 5) is 22.5. The Hall–Kier alpha value is -3.92. The second-order valence-corrected chi connectivity index (χ2v) is 13.5. The molecule has 2 aromatic heterocycles. The lowest BCUT2D eigenvalue weighted by molar-refractivity contribution is 0.107. The van der Waals surface area contributed by atoms with Gasteiger partial charge in [0.2, 0.25) is 5.95 Å². The molecule has 1 atom stereocenters. The van der Waals surface area contributed by atoms with E-state index in [1.807, 2.05) is 7.05 Å². The minimum absolute atomic E-state index is 0.145. The molecule has 8 rings (SSSR count). The van der Waals surface area contributed by atoms with Gasteiger partial charge in [-0.1, -0.05) is 37.3 Å². The average molecular weight is 608 g/mol. The molecule has 0 saturated carbocycles. The van der Waals surface area contributed by atoms with Crippen LogP contribution < -0.4 is 20.3 Å². The Morgan fingerprint density at radius 2 is 1.78 bits per heavy atom. The molecule has 4 aliphatic rings. The van der Waals surface area contributed by atoms with Crippen LogP contribution in [0, 0.1) is 0 Å². The zero-order valence-electron chi connectivity index (χ0n) is 26.7. The van der Waals surface area contributed by atoms with Crippen LogP contribution >= 0.6 is 0 Å². The van der Waals surface area contributed by atoms with Gasteiger partial charge in [0.05, 0.1) is 17.8 Å². The van der Waals surface area contributed by atoms with Crippen LogP contribution in [-0.4, -0.2) is 74.5 Å². The molecule has 2 N–H and O–H groups in total. The molecule has 0 amide bonds. The molecule has 2 aromatic carbocycles. The first-order valence-corrected chi connectivity index (χ1v) is 17.0. The van der Waals surface area contributed by atoms with Gasteiger partial charge in [-0.05, 0) is 81.5 Å². The quantitative estimate of drug-likeness (QED) is 0.316. The van der Waals surface area contributed by atoms with Crippen molar-refractivity contribution in [1.82, 2.24) is 29.6 Å². The van der Waals surface area contributed by atoms with Crippen LogP contribution in [0.15, 0.2) is 36.4 Å². The van der Waals surface area contributed by atoms with E-state index >= 15 is 0 Å². The number of nitrogens with two attached hydrogens (primary N) is 1. The number of piperidine rings is 1. The number of nitrogens with zero attached hydrogens (tertiary/aromatic N) is 8. The SMILES string of the molecule is CCc1cccc2cccc(N3CCc4c(nc(OCC56CCCN5CCC6)nc4N4CCCC(c5nc(N)n(C)n5)C4)C3)c12. The second-order valence-electron chi connectivity index (χ2n) is 13.5. The third kappa shape index (κ3) is 5.07. The number of rotatable bonds is 7. The summed E-state index contributed by atoms with van der Waals surface area (Å²) in [5, 5.41) is 7.30. The Bertz CT molecular complexity index is 1680. The van der Waals surface area contributed by atoms with Gasteiger partial charge < -0.3 is 20.3 Å². The van der Waals surface area contributed by atoms with E-state index in [-0.39, 0.29) is 11.5 Å². The highest BCUT2D eigenvalue weighted by Crippen LogP contribution is 2.40. The van der Waals surface area contributed by atoms with Gasteiger partial charge in [0.1, 0.15) is 12.4 Å². The molecule has 45 heavy (non-hydrogen) atoms. The number of hydrogen-bond donors (Lipinski definition) is 1. The highest BCUT2D eigenvalue weighted by Gasteiger charge is 2.45. The Morgan fingerprint density at radius 1 is 0.956 bits per heavy atom. The predicted molar refractivity (Wildman–Crippen MR) is 178 cm³/mol. The fraction of sp³-hybridized carbons (Fsp3) is 0.543. The lowest BCUT2D eigenvalue weighted by Crippen LogP contribution is -2.44. The van der Waals surface area contributed by atoms with E-state index in [1.165, 1.54) is 66.4 Å². The zero-order valence-corrected chi connectivity index (χ0v) is 26.7. The summed E-state index contributed by atoms with van der Waals surface area (Å²) in [5.41, 5.74) is 11.2. The van der Waals surface area contributed by atoms with Crippen molar-refractivity contribution < 1.29 is 4.74 Å². The molecule has 4 aromatic rings. The molecular weight excluding hydrogens is 562 g/mol. The van der Waals surface area contributed by atoms with Gasteiger partial charge >= 0.3 is 6.01 Å². The standard InChI is InChI=1S/C35H45N9O/c1-3-24-9-4-10-25-11-5-13-29(30(24)25)42-20-14-27-28(22-42)37-34(45-23-35-15-7-18-44(35)19-8-16-35)39-32(27)43-17-6-12-26(21-43)31-38-33(36)41(2)40-31/h4-5,9-11,13,26H,3,6-8,12,14-23H2,1-2H3,(H2,36,38,40). The molecule has 0 radical (unpaired) electrons. The number of benzene rings is 2. The van der Waals surface area contributed by atoms with E-state index < -0.39 is 0 Å². The molecule has 4 aliphatic heterocycles. The average Bonchev–Trinajstić information content (AvgIpc) is 3.76. The maximum absolute atomic E-state index is 6.62. The van der Waals surface area contributed by atoms with Crippen LogP contribution in [-0.2, 0) is 26.4 Å². The third-order valence-electron chi connectivity index (χ3n) is 10.9. The highest BCUT2D eigenvalue weighted by atomic mass is 16.5. The van der Waals surface area contributed by atoms with Crippen LogP contribution in [0.5, 0.6) is 6.01 Å². The maximum Gasteiger partial charge on any atom is 0.318 e. The molecule has 0 aliphatic carbocycles. The molecular formula is C35H45N9O. The summed E-state index contributed by atoms with van der Waals surface area (Å²) in [6, 6.07) is 13.9. The number of hydrogen-bond acceptors (Lipinski definition) is 9.